The summed E-state index contributed by atoms with van der Waals surface area (Å²) in [7, 11) is 1.61. The molecule has 2 N–H and O–H groups in total. The Kier molecular flexibility index (Phi) is 2.88. The third-order valence-electron chi connectivity index (χ3n) is 1.55. The molecule has 4 nitrogen and oxygen atoms in total. The lowest BCUT2D eigenvalue weighted by Gasteiger charge is -1.94. The van der Waals surface area contributed by atoms with E-state index in [2.05, 4.69) is 4.98 Å². The molecule has 1 aromatic rings. The quantitative estimate of drug-likeness (QED) is 0.704. The first kappa shape index (κ1) is 8.80. The van der Waals surface area contributed by atoms with Crippen molar-refractivity contribution >= 4 is 5.97 Å². The van der Waals surface area contributed by atoms with Crippen molar-refractivity contribution in [2.24, 2.45) is 0 Å². The Labute approximate surface area is 70.2 Å². The molecule has 0 unspecified atom stereocenters. The highest BCUT2D eigenvalue weighted by molar-refractivity contribution is 5.85. The fourth-order valence-electron chi connectivity index (χ4n) is 0.923. The molecule has 0 aromatic carbocycles. The molecule has 0 saturated heterocycles. The molecule has 0 atom stereocenters. The number of carboxylic acids is 1. The van der Waals surface area contributed by atoms with Crippen LogP contribution in [0.25, 0.3) is 0 Å². The highest BCUT2D eigenvalue weighted by atomic mass is 16.5. The molecule has 0 saturated carbocycles. The standard InChI is InChI=1S/C8H11NO3/c1-12-5-4-6-2-3-7(9-6)8(10)11/h2-3,9H,4-5H2,1H3,(H,10,11). The largest absolute Gasteiger partial charge is 0.477 e. The number of methoxy groups -OCH3 is 1. The summed E-state index contributed by atoms with van der Waals surface area (Å²) in [5, 5.41) is 8.56. The van der Waals surface area contributed by atoms with Crippen LogP contribution in [0.15, 0.2) is 12.1 Å². The molecular weight excluding hydrogens is 158 g/mol. The number of hydrogen-bond donors (Lipinski definition) is 2. The first-order valence-corrected chi connectivity index (χ1v) is 3.64. The van der Waals surface area contributed by atoms with Gasteiger partial charge in [-0.1, -0.05) is 0 Å². The van der Waals surface area contributed by atoms with Gasteiger partial charge in [-0.05, 0) is 12.1 Å². The van der Waals surface area contributed by atoms with E-state index in [-0.39, 0.29) is 5.69 Å². The lowest BCUT2D eigenvalue weighted by atomic mass is 10.3. The lowest BCUT2D eigenvalue weighted by molar-refractivity contribution is 0.0691. The predicted molar refractivity (Wildman–Crippen MR) is 43.3 cm³/mol. The summed E-state index contributed by atoms with van der Waals surface area (Å²) in [6, 6.07) is 3.30. The molecule has 0 fully saturated rings. The molecule has 0 radical (unpaired) electrons. The Hall–Kier alpha value is -1.29. The van der Waals surface area contributed by atoms with Gasteiger partial charge in [0, 0.05) is 19.2 Å². The van der Waals surface area contributed by atoms with Crippen LogP contribution >= 0.6 is 0 Å². The predicted octanol–water partition coefficient (Wildman–Crippen LogP) is 0.902. The van der Waals surface area contributed by atoms with Crippen LogP contribution < -0.4 is 0 Å². The SMILES string of the molecule is COCCc1ccc(C(=O)O)[nH]1. The van der Waals surface area contributed by atoms with Gasteiger partial charge in [0.15, 0.2) is 0 Å². The average molecular weight is 169 g/mol. The number of aromatic carboxylic acids is 1. The maximum atomic E-state index is 10.4. The van der Waals surface area contributed by atoms with Gasteiger partial charge < -0.3 is 14.8 Å². The van der Waals surface area contributed by atoms with Gasteiger partial charge in [-0.3, -0.25) is 0 Å². The molecule has 12 heavy (non-hydrogen) atoms. The van der Waals surface area contributed by atoms with Crippen LogP contribution in [0.1, 0.15) is 16.2 Å². The van der Waals surface area contributed by atoms with Gasteiger partial charge in [0.05, 0.1) is 6.61 Å². The zero-order valence-electron chi connectivity index (χ0n) is 6.83. The minimum absolute atomic E-state index is 0.223. The number of nitrogens with one attached hydrogen (secondary N) is 1. The normalized spacial score (nSPS) is 10.1. The van der Waals surface area contributed by atoms with Crippen molar-refractivity contribution in [3.05, 3.63) is 23.5 Å². The van der Waals surface area contributed by atoms with Crippen molar-refractivity contribution in [2.45, 2.75) is 6.42 Å². The number of rotatable bonds is 4. The van der Waals surface area contributed by atoms with E-state index in [1.165, 1.54) is 0 Å². The van der Waals surface area contributed by atoms with Gasteiger partial charge in [-0.25, -0.2) is 4.79 Å². The topological polar surface area (TPSA) is 62.3 Å². The molecule has 0 spiro atoms. The summed E-state index contributed by atoms with van der Waals surface area (Å²) in [5.74, 6) is -0.932. The summed E-state index contributed by atoms with van der Waals surface area (Å²) in [6.45, 7) is 0.597. The average Bonchev–Trinajstić information content (AvgIpc) is 2.48. The second-order valence-corrected chi connectivity index (χ2v) is 2.45. The second kappa shape index (κ2) is 3.92. The number of carbonyl (C=O) groups is 1. The van der Waals surface area contributed by atoms with Crippen molar-refractivity contribution < 1.29 is 14.6 Å². The van der Waals surface area contributed by atoms with Crippen molar-refractivity contribution in [1.82, 2.24) is 4.98 Å². The molecular formula is C8H11NO3. The maximum Gasteiger partial charge on any atom is 0.352 e. The fourth-order valence-corrected chi connectivity index (χ4v) is 0.923. The van der Waals surface area contributed by atoms with Crippen molar-refractivity contribution in [3.8, 4) is 0 Å². The molecule has 0 bridgehead atoms. The molecule has 1 rings (SSSR count). The monoisotopic (exact) mass is 169 g/mol. The molecule has 66 valence electrons. The van der Waals surface area contributed by atoms with E-state index in [1.807, 2.05) is 0 Å². The fraction of sp³-hybridized carbons (Fsp3) is 0.375. The summed E-state index contributed by atoms with van der Waals surface area (Å²) < 4.78 is 4.85. The van der Waals surface area contributed by atoms with Crippen LogP contribution in [0.4, 0.5) is 0 Å². The van der Waals surface area contributed by atoms with E-state index >= 15 is 0 Å². The van der Waals surface area contributed by atoms with E-state index in [9.17, 15) is 4.79 Å². The lowest BCUT2D eigenvalue weighted by Crippen LogP contribution is -1.98. The third-order valence-corrected chi connectivity index (χ3v) is 1.55. The first-order valence-electron chi connectivity index (χ1n) is 3.64. The van der Waals surface area contributed by atoms with Gasteiger partial charge in [-0.15, -0.1) is 0 Å². The Morgan fingerprint density at radius 1 is 1.67 bits per heavy atom. The van der Waals surface area contributed by atoms with Crippen molar-refractivity contribution in [1.29, 1.82) is 0 Å². The second-order valence-electron chi connectivity index (χ2n) is 2.45. The maximum absolute atomic E-state index is 10.4. The van der Waals surface area contributed by atoms with Gasteiger partial charge in [0.1, 0.15) is 5.69 Å². The van der Waals surface area contributed by atoms with Gasteiger partial charge >= 0.3 is 5.97 Å². The number of carboxylic acid groups (broad SMARTS) is 1. The van der Waals surface area contributed by atoms with Crippen LogP contribution in [0.3, 0.4) is 0 Å². The van der Waals surface area contributed by atoms with Crippen LogP contribution in [-0.4, -0.2) is 29.8 Å². The van der Waals surface area contributed by atoms with Crippen LogP contribution in [0.5, 0.6) is 0 Å². The Bertz CT molecular complexity index is 267. The highest BCUT2D eigenvalue weighted by Crippen LogP contribution is 2.02. The van der Waals surface area contributed by atoms with E-state index < -0.39 is 5.97 Å². The minimum atomic E-state index is -0.932. The zero-order chi connectivity index (χ0) is 8.97. The summed E-state index contributed by atoms with van der Waals surface area (Å²) >= 11 is 0. The summed E-state index contributed by atoms with van der Waals surface area (Å²) in [5.41, 5.74) is 1.11. The molecule has 0 aliphatic carbocycles. The Morgan fingerprint density at radius 3 is 2.92 bits per heavy atom. The van der Waals surface area contributed by atoms with Crippen molar-refractivity contribution in [2.75, 3.05) is 13.7 Å². The molecule has 0 amide bonds. The van der Waals surface area contributed by atoms with Crippen LogP contribution in [0, 0.1) is 0 Å². The van der Waals surface area contributed by atoms with Crippen molar-refractivity contribution in [3.63, 3.8) is 0 Å². The molecule has 0 aliphatic heterocycles. The van der Waals surface area contributed by atoms with E-state index in [4.69, 9.17) is 9.84 Å². The van der Waals surface area contributed by atoms with E-state index in [1.54, 1.807) is 19.2 Å². The highest BCUT2D eigenvalue weighted by Gasteiger charge is 2.04. The number of aromatic amines is 1. The summed E-state index contributed by atoms with van der Waals surface area (Å²) in [4.78, 5) is 13.2. The number of hydrogen-bond acceptors (Lipinski definition) is 2. The molecule has 1 heterocycles. The van der Waals surface area contributed by atoms with Gasteiger partial charge in [0.25, 0.3) is 0 Å². The van der Waals surface area contributed by atoms with Crippen LogP contribution in [0.2, 0.25) is 0 Å². The third kappa shape index (κ3) is 2.10. The number of aromatic nitrogens is 1. The van der Waals surface area contributed by atoms with Gasteiger partial charge in [-0.2, -0.15) is 0 Å². The van der Waals surface area contributed by atoms with E-state index in [0.29, 0.717) is 13.0 Å². The zero-order valence-corrected chi connectivity index (χ0v) is 6.83. The minimum Gasteiger partial charge on any atom is -0.477 e. The molecule has 4 heteroatoms. The van der Waals surface area contributed by atoms with Crippen LogP contribution in [-0.2, 0) is 11.2 Å². The Morgan fingerprint density at radius 2 is 2.42 bits per heavy atom. The number of ether oxygens (including phenoxy) is 1. The Balaban J connectivity index is 2.58. The first-order chi connectivity index (χ1) is 5.74. The molecule has 1 aromatic heterocycles. The molecule has 0 aliphatic rings. The smallest absolute Gasteiger partial charge is 0.352 e. The van der Waals surface area contributed by atoms with Gasteiger partial charge in [0.2, 0.25) is 0 Å². The van der Waals surface area contributed by atoms with E-state index in [0.717, 1.165) is 5.69 Å². The summed E-state index contributed by atoms with van der Waals surface area (Å²) in [6.07, 6.45) is 0.712. The number of H-pyrrole nitrogens is 1.